The zero-order valence-corrected chi connectivity index (χ0v) is 22.1. The van der Waals surface area contributed by atoms with Crippen molar-refractivity contribution < 1.29 is 18.3 Å². The van der Waals surface area contributed by atoms with Gasteiger partial charge in [-0.15, -0.1) is 0 Å². The first kappa shape index (κ1) is 26.0. The van der Waals surface area contributed by atoms with Crippen molar-refractivity contribution in [2.75, 3.05) is 37.4 Å². The molecule has 1 aromatic carbocycles. The van der Waals surface area contributed by atoms with Gasteiger partial charge in [0, 0.05) is 56.2 Å². The van der Waals surface area contributed by atoms with E-state index in [4.69, 9.17) is 15.2 Å². The molecule has 208 valence electrons. The fourth-order valence-corrected chi connectivity index (χ4v) is 5.70. The van der Waals surface area contributed by atoms with Crippen molar-refractivity contribution in [2.45, 2.75) is 38.5 Å². The minimum absolute atomic E-state index is 0.103. The molecule has 0 aliphatic carbocycles. The van der Waals surface area contributed by atoms with Crippen molar-refractivity contribution in [1.29, 1.82) is 0 Å². The van der Waals surface area contributed by atoms with E-state index in [0.29, 0.717) is 42.4 Å². The molecule has 6 rings (SSSR count). The fraction of sp³-hybridized carbons (Fsp3) is 0.345. The first-order valence-corrected chi connectivity index (χ1v) is 13.3. The van der Waals surface area contributed by atoms with Crippen molar-refractivity contribution in [2.24, 2.45) is 0 Å². The summed E-state index contributed by atoms with van der Waals surface area (Å²) in [4.78, 5) is 26.7. The second kappa shape index (κ2) is 10.7. The monoisotopic (exact) mass is 548 g/mol. The SMILES string of the molecule is COc1cc(CN(Cc2cn3c4c(c(F)c(F)cc4c2=O)OCC3)[C@H]2CCCN(c3ccc(N)nc3)C2)ccn1. The van der Waals surface area contributed by atoms with E-state index in [1.807, 2.05) is 18.2 Å². The molecular formula is C29H30F2N6O3. The van der Waals surface area contributed by atoms with E-state index in [-0.39, 0.29) is 29.2 Å². The number of rotatable bonds is 7. The molecule has 1 saturated heterocycles. The molecule has 0 saturated carbocycles. The third kappa shape index (κ3) is 4.92. The molecule has 11 heteroatoms. The average Bonchev–Trinajstić information content (AvgIpc) is 2.98. The van der Waals surface area contributed by atoms with E-state index in [1.54, 1.807) is 36.3 Å². The molecule has 0 radical (unpaired) electrons. The number of benzene rings is 1. The molecule has 4 aromatic rings. The van der Waals surface area contributed by atoms with Gasteiger partial charge in [0.25, 0.3) is 0 Å². The van der Waals surface area contributed by atoms with Gasteiger partial charge in [-0.2, -0.15) is 4.39 Å². The third-order valence-electron chi connectivity index (χ3n) is 7.68. The smallest absolute Gasteiger partial charge is 0.213 e. The van der Waals surface area contributed by atoms with Gasteiger partial charge in [0.05, 0.1) is 36.4 Å². The maximum absolute atomic E-state index is 14.5. The molecule has 40 heavy (non-hydrogen) atoms. The van der Waals surface area contributed by atoms with Gasteiger partial charge < -0.3 is 24.7 Å². The van der Waals surface area contributed by atoms with Gasteiger partial charge in [0.1, 0.15) is 12.4 Å². The van der Waals surface area contributed by atoms with E-state index in [1.165, 1.54) is 0 Å². The number of nitrogens with two attached hydrogens (primary N) is 1. The summed E-state index contributed by atoms with van der Waals surface area (Å²) < 4.78 is 41.5. The maximum Gasteiger partial charge on any atom is 0.213 e. The van der Waals surface area contributed by atoms with Crippen LogP contribution in [0.5, 0.6) is 11.6 Å². The van der Waals surface area contributed by atoms with Crippen LogP contribution in [0.15, 0.2) is 53.7 Å². The third-order valence-corrected chi connectivity index (χ3v) is 7.68. The quantitative estimate of drug-likeness (QED) is 0.373. The van der Waals surface area contributed by atoms with Crippen molar-refractivity contribution in [3.8, 4) is 11.6 Å². The van der Waals surface area contributed by atoms with Crippen LogP contribution in [0.2, 0.25) is 0 Å². The van der Waals surface area contributed by atoms with Crippen LogP contribution in [-0.4, -0.2) is 52.3 Å². The summed E-state index contributed by atoms with van der Waals surface area (Å²) in [5.74, 6) is -1.38. The van der Waals surface area contributed by atoms with Crippen molar-refractivity contribution >= 4 is 22.4 Å². The molecule has 2 aliphatic heterocycles. The van der Waals surface area contributed by atoms with Gasteiger partial charge in [-0.25, -0.2) is 14.4 Å². The van der Waals surface area contributed by atoms with Crippen molar-refractivity contribution in [1.82, 2.24) is 19.4 Å². The van der Waals surface area contributed by atoms with Crippen LogP contribution >= 0.6 is 0 Å². The lowest BCUT2D eigenvalue weighted by Gasteiger charge is -2.40. The largest absolute Gasteiger partial charge is 0.486 e. The van der Waals surface area contributed by atoms with E-state index < -0.39 is 11.6 Å². The standard InChI is InChI=1S/C29H30F2N6O3/c1-39-25-11-18(6-7-33-25)14-37(21-3-2-8-35(17-21)20-4-5-24(32)34-13-20)16-19-15-36-9-10-40-29-26(31)23(30)12-22(27(29)36)28(19)38/h4-7,11-13,15,21H,2-3,8-10,14,16-17H2,1H3,(H2,32,34)/t21-/m0/s1. The molecule has 0 bridgehead atoms. The van der Waals surface area contributed by atoms with Gasteiger partial charge in [-0.05, 0) is 42.7 Å². The van der Waals surface area contributed by atoms with Gasteiger partial charge in [0.2, 0.25) is 11.7 Å². The fourth-order valence-electron chi connectivity index (χ4n) is 5.70. The molecular weight excluding hydrogens is 518 g/mol. The van der Waals surface area contributed by atoms with Crippen molar-refractivity contribution in [3.63, 3.8) is 0 Å². The lowest BCUT2D eigenvalue weighted by atomic mass is 10.0. The topological polar surface area (TPSA) is 98.7 Å². The zero-order chi connectivity index (χ0) is 27.8. The minimum atomic E-state index is -1.09. The molecule has 2 aliphatic rings. The van der Waals surface area contributed by atoms with Crippen LogP contribution in [-0.2, 0) is 19.6 Å². The Kier molecular flexibility index (Phi) is 6.97. The Morgan fingerprint density at radius 1 is 1.18 bits per heavy atom. The normalized spacial score (nSPS) is 16.8. The summed E-state index contributed by atoms with van der Waals surface area (Å²) in [7, 11) is 1.57. The summed E-state index contributed by atoms with van der Waals surface area (Å²) >= 11 is 0. The number of hydrogen-bond acceptors (Lipinski definition) is 8. The van der Waals surface area contributed by atoms with E-state index in [2.05, 4.69) is 19.8 Å². The van der Waals surface area contributed by atoms with E-state index in [0.717, 1.165) is 43.2 Å². The van der Waals surface area contributed by atoms with E-state index >= 15 is 0 Å². The summed E-state index contributed by atoms with van der Waals surface area (Å²) in [6.07, 6.45) is 7.13. The second-order valence-electron chi connectivity index (χ2n) is 10.2. The number of hydrogen-bond donors (Lipinski definition) is 1. The molecule has 1 atom stereocenters. The Morgan fingerprint density at radius 3 is 2.85 bits per heavy atom. The van der Waals surface area contributed by atoms with Crippen LogP contribution < -0.4 is 25.5 Å². The minimum Gasteiger partial charge on any atom is -0.486 e. The highest BCUT2D eigenvalue weighted by molar-refractivity contribution is 5.86. The number of aromatic nitrogens is 3. The van der Waals surface area contributed by atoms with Gasteiger partial charge in [-0.3, -0.25) is 9.69 Å². The molecule has 1 fully saturated rings. The van der Waals surface area contributed by atoms with Crippen LogP contribution in [0, 0.1) is 11.6 Å². The van der Waals surface area contributed by atoms with Crippen LogP contribution in [0.4, 0.5) is 20.3 Å². The molecule has 0 unspecified atom stereocenters. The lowest BCUT2D eigenvalue weighted by Crippen LogP contribution is -2.48. The number of halogens is 2. The Bertz CT molecular complexity index is 1610. The van der Waals surface area contributed by atoms with Crippen molar-refractivity contribution in [3.05, 3.63) is 81.9 Å². The Labute approximate surface area is 229 Å². The summed E-state index contributed by atoms with van der Waals surface area (Å²) in [6, 6.07) is 8.66. The number of anilines is 2. The maximum atomic E-state index is 14.5. The average molecular weight is 549 g/mol. The highest BCUT2D eigenvalue weighted by Crippen LogP contribution is 2.33. The molecule has 9 nitrogen and oxygen atoms in total. The first-order valence-electron chi connectivity index (χ1n) is 13.3. The van der Waals surface area contributed by atoms with Crippen LogP contribution in [0.1, 0.15) is 24.0 Å². The first-order chi connectivity index (χ1) is 19.4. The van der Waals surface area contributed by atoms with E-state index in [9.17, 15) is 13.6 Å². The van der Waals surface area contributed by atoms with Gasteiger partial charge in [-0.1, -0.05) is 0 Å². The van der Waals surface area contributed by atoms with Crippen LogP contribution in [0.3, 0.4) is 0 Å². The number of nitrogen functional groups attached to an aromatic ring is 1. The van der Waals surface area contributed by atoms with Gasteiger partial charge >= 0.3 is 0 Å². The molecule has 2 N–H and O–H groups in total. The second-order valence-corrected chi connectivity index (χ2v) is 10.2. The van der Waals surface area contributed by atoms with Crippen LogP contribution in [0.25, 0.3) is 10.9 Å². The molecule has 3 aromatic heterocycles. The number of methoxy groups -OCH3 is 1. The summed E-state index contributed by atoms with van der Waals surface area (Å²) in [6.45, 7) is 3.11. The Hall–Kier alpha value is -4.25. The number of pyridine rings is 3. The molecule has 0 amide bonds. The molecule has 5 heterocycles. The zero-order valence-electron chi connectivity index (χ0n) is 22.1. The highest BCUT2D eigenvalue weighted by Gasteiger charge is 2.29. The summed E-state index contributed by atoms with van der Waals surface area (Å²) in [5.41, 5.74) is 8.26. The predicted octanol–water partition coefficient (Wildman–Crippen LogP) is 3.72. The van der Waals surface area contributed by atoms with Gasteiger partial charge in [0.15, 0.2) is 17.0 Å². The number of nitrogens with zero attached hydrogens (tertiary/aromatic N) is 5. The summed E-state index contributed by atoms with van der Waals surface area (Å²) in [5, 5.41) is 0.120. The Balaban J connectivity index is 1.38. The number of piperidine rings is 1. The lowest BCUT2D eigenvalue weighted by molar-refractivity contribution is 0.157. The Morgan fingerprint density at radius 2 is 2.05 bits per heavy atom. The molecule has 0 spiro atoms. The number of ether oxygens (including phenoxy) is 2. The predicted molar refractivity (Wildman–Crippen MR) is 148 cm³/mol. The highest BCUT2D eigenvalue weighted by atomic mass is 19.2.